The van der Waals surface area contributed by atoms with E-state index in [0.29, 0.717) is 30.6 Å². The summed E-state index contributed by atoms with van der Waals surface area (Å²) >= 11 is 0. The first kappa shape index (κ1) is 15.8. The van der Waals surface area contributed by atoms with Crippen LogP contribution in [0.2, 0.25) is 0 Å². The van der Waals surface area contributed by atoms with E-state index in [4.69, 9.17) is 5.26 Å². The van der Waals surface area contributed by atoms with Crippen molar-refractivity contribution in [3.05, 3.63) is 71.3 Å². The summed E-state index contributed by atoms with van der Waals surface area (Å²) in [5, 5.41) is 11.7. The van der Waals surface area contributed by atoms with Gasteiger partial charge in [-0.25, -0.2) is 0 Å². The van der Waals surface area contributed by atoms with Crippen LogP contribution in [0.3, 0.4) is 0 Å². The van der Waals surface area contributed by atoms with Crippen LogP contribution in [-0.2, 0) is 11.2 Å². The smallest absolute Gasteiger partial charge is 0.254 e. The molecule has 5 nitrogen and oxygen atoms in total. The van der Waals surface area contributed by atoms with E-state index >= 15 is 0 Å². The maximum absolute atomic E-state index is 12.8. The van der Waals surface area contributed by atoms with Crippen LogP contribution in [-0.4, -0.2) is 35.8 Å². The molecule has 3 rings (SSSR count). The number of rotatable bonds is 3. The molecule has 2 aromatic carbocycles. The third kappa shape index (κ3) is 3.28. The van der Waals surface area contributed by atoms with Gasteiger partial charge in [0.25, 0.3) is 5.91 Å². The molecule has 1 fully saturated rings. The summed E-state index contributed by atoms with van der Waals surface area (Å²) in [5.41, 5.74) is 2.00. The molecule has 0 spiro atoms. The summed E-state index contributed by atoms with van der Waals surface area (Å²) in [5.74, 6) is -0.317. The zero-order valence-electron chi connectivity index (χ0n) is 13.1. The van der Waals surface area contributed by atoms with E-state index < -0.39 is 6.04 Å². The lowest BCUT2D eigenvalue weighted by Crippen LogP contribution is -2.58. The zero-order valence-corrected chi connectivity index (χ0v) is 13.1. The van der Waals surface area contributed by atoms with E-state index in [0.717, 1.165) is 5.56 Å². The van der Waals surface area contributed by atoms with Gasteiger partial charge in [0.2, 0.25) is 5.91 Å². The third-order valence-electron chi connectivity index (χ3n) is 4.12. The van der Waals surface area contributed by atoms with E-state index in [-0.39, 0.29) is 11.8 Å². The summed E-state index contributed by atoms with van der Waals surface area (Å²) < 4.78 is 0. The molecule has 1 heterocycles. The molecule has 0 aliphatic carbocycles. The molecular weight excluding hydrogens is 302 g/mol. The molecule has 1 unspecified atom stereocenters. The Morgan fingerprint density at radius 1 is 1.17 bits per heavy atom. The average Bonchev–Trinajstić information content (AvgIpc) is 2.64. The highest BCUT2D eigenvalue weighted by Crippen LogP contribution is 2.16. The highest BCUT2D eigenvalue weighted by Gasteiger charge is 2.33. The van der Waals surface area contributed by atoms with Gasteiger partial charge in [0.15, 0.2) is 0 Å². The largest absolute Gasteiger partial charge is 0.353 e. The van der Waals surface area contributed by atoms with Gasteiger partial charge in [-0.1, -0.05) is 30.3 Å². The van der Waals surface area contributed by atoms with Crippen molar-refractivity contribution in [2.45, 2.75) is 12.5 Å². The summed E-state index contributed by atoms with van der Waals surface area (Å²) in [6, 6.07) is 17.7. The minimum atomic E-state index is -0.524. The van der Waals surface area contributed by atoms with Crippen LogP contribution < -0.4 is 5.32 Å². The van der Waals surface area contributed by atoms with E-state index in [2.05, 4.69) is 5.32 Å². The maximum Gasteiger partial charge on any atom is 0.254 e. The normalized spacial score (nSPS) is 17.0. The van der Waals surface area contributed by atoms with Crippen LogP contribution in [0.4, 0.5) is 0 Å². The SMILES string of the molecule is N#Cc1ccc(C(=O)N2CCNC(=O)C2Cc2ccccc2)cc1. The fourth-order valence-corrected chi connectivity index (χ4v) is 2.85. The Kier molecular flexibility index (Phi) is 4.57. The second kappa shape index (κ2) is 6.97. The molecule has 2 aromatic rings. The zero-order chi connectivity index (χ0) is 16.9. The molecular formula is C19H17N3O2. The molecule has 1 N–H and O–H groups in total. The van der Waals surface area contributed by atoms with Gasteiger partial charge in [0.1, 0.15) is 6.04 Å². The first-order valence-corrected chi connectivity index (χ1v) is 7.82. The van der Waals surface area contributed by atoms with Crippen molar-refractivity contribution < 1.29 is 9.59 Å². The Labute approximate surface area is 140 Å². The van der Waals surface area contributed by atoms with Crippen LogP contribution in [0.15, 0.2) is 54.6 Å². The molecule has 0 radical (unpaired) electrons. The standard InChI is InChI=1S/C19H17N3O2/c20-13-15-6-8-16(9-7-15)19(24)22-11-10-21-18(23)17(22)12-14-4-2-1-3-5-14/h1-9,17H,10-12H2,(H,21,23). The van der Waals surface area contributed by atoms with Crippen LogP contribution in [0.25, 0.3) is 0 Å². The Hall–Kier alpha value is -3.13. The quantitative estimate of drug-likeness (QED) is 0.936. The summed E-state index contributed by atoms with van der Waals surface area (Å²) in [4.78, 5) is 26.7. The number of nitrogens with one attached hydrogen (secondary N) is 1. The van der Waals surface area contributed by atoms with Crippen LogP contribution in [0, 0.1) is 11.3 Å². The minimum Gasteiger partial charge on any atom is -0.353 e. The highest BCUT2D eigenvalue weighted by atomic mass is 16.2. The lowest BCUT2D eigenvalue weighted by molar-refractivity contribution is -0.127. The van der Waals surface area contributed by atoms with Crippen molar-refractivity contribution in [3.8, 4) is 6.07 Å². The number of hydrogen-bond acceptors (Lipinski definition) is 3. The van der Waals surface area contributed by atoms with E-state index in [1.807, 2.05) is 36.4 Å². The highest BCUT2D eigenvalue weighted by molar-refractivity contribution is 5.98. The van der Waals surface area contributed by atoms with Crippen LogP contribution in [0.1, 0.15) is 21.5 Å². The van der Waals surface area contributed by atoms with Crippen molar-refractivity contribution in [3.63, 3.8) is 0 Å². The Morgan fingerprint density at radius 3 is 2.54 bits per heavy atom. The van der Waals surface area contributed by atoms with Crippen molar-refractivity contribution in [1.29, 1.82) is 5.26 Å². The number of amides is 2. The Morgan fingerprint density at radius 2 is 1.88 bits per heavy atom. The molecule has 1 aliphatic rings. The summed E-state index contributed by atoms with van der Waals surface area (Å²) in [6.07, 6.45) is 0.481. The number of carbonyl (C=O) groups is 2. The molecule has 5 heteroatoms. The molecule has 1 aliphatic heterocycles. The predicted molar refractivity (Wildman–Crippen MR) is 89.1 cm³/mol. The number of piperazine rings is 1. The Bertz CT molecular complexity index is 779. The van der Waals surface area contributed by atoms with Gasteiger partial charge < -0.3 is 10.2 Å². The van der Waals surface area contributed by atoms with Gasteiger partial charge in [-0.2, -0.15) is 5.26 Å². The first-order valence-electron chi connectivity index (χ1n) is 7.82. The van der Waals surface area contributed by atoms with Crippen LogP contribution >= 0.6 is 0 Å². The minimum absolute atomic E-state index is 0.132. The topological polar surface area (TPSA) is 73.2 Å². The third-order valence-corrected chi connectivity index (χ3v) is 4.12. The van der Waals surface area contributed by atoms with E-state index in [9.17, 15) is 9.59 Å². The molecule has 1 atom stereocenters. The molecule has 120 valence electrons. The first-order chi connectivity index (χ1) is 11.7. The number of carbonyl (C=O) groups excluding carboxylic acids is 2. The van der Waals surface area contributed by atoms with E-state index in [1.54, 1.807) is 29.2 Å². The molecule has 0 saturated carbocycles. The molecule has 1 saturated heterocycles. The fraction of sp³-hybridized carbons (Fsp3) is 0.211. The van der Waals surface area contributed by atoms with Crippen molar-refractivity contribution >= 4 is 11.8 Å². The van der Waals surface area contributed by atoms with Crippen molar-refractivity contribution in [1.82, 2.24) is 10.2 Å². The lowest BCUT2D eigenvalue weighted by Gasteiger charge is -2.35. The summed E-state index contributed by atoms with van der Waals surface area (Å²) in [7, 11) is 0. The van der Waals surface area contributed by atoms with Crippen LogP contribution in [0.5, 0.6) is 0 Å². The number of nitrogens with zero attached hydrogens (tertiary/aromatic N) is 2. The predicted octanol–water partition coefficient (Wildman–Crippen LogP) is 1.74. The molecule has 0 aromatic heterocycles. The molecule has 0 bridgehead atoms. The molecule has 2 amide bonds. The number of hydrogen-bond donors (Lipinski definition) is 1. The second-order valence-electron chi connectivity index (χ2n) is 5.68. The second-order valence-corrected chi connectivity index (χ2v) is 5.68. The lowest BCUT2D eigenvalue weighted by atomic mass is 10.0. The summed E-state index contributed by atoms with van der Waals surface area (Å²) in [6.45, 7) is 0.925. The average molecular weight is 319 g/mol. The Balaban J connectivity index is 1.83. The van der Waals surface area contributed by atoms with Gasteiger partial charge in [-0.05, 0) is 29.8 Å². The van der Waals surface area contributed by atoms with Gasteiger partial charge in [-0.3, -0.25) is 9.59 Å². The monoisotopic (exact) mass is 319 g/mol. The number of nitriles is 1. The van der Waals surface area contributed by atoms with E-state index in [1.165, 1.54) is 0 Å². The van der Waals surface area contributed by atoms with Crippen molar-refractivity contribution in [2.75, 3.05) is 13.1 Å². The number of benzene rings is 2. The van der Waals surface area contributed by atoms with Gasteiger partial charge >= 0.3 is 0 Å². The fourth-order valence-electron chi connectivity index (χ4n) is 2.85. The maximum atomic E-state index is 12.8. The van der Waals surface area contributed by atoms with Crippen molar-refractivity contribution in [2.24, 2.45) is 0 Å². The van der Waals surface area contributed by atoms with Gasteiger partial charge in [0.05, 0.1) is 11.6 Å². The molecule has 24 heavy (non-hydrogen) atoms. The van der Waals surface area contributed by atoms with Gasteiger partial charge in [0, 0.05) is 25.1 Å². The van der Waals surface area contributed by atoms with Gasteiger partial charge in [-0.15, -0.1) is 0 Å².